The Kier molecular flexibility index (Phi) is 7.98. The lowest BCUT2D eigenvalue weighted by Crippen LogP contribution is -2.74. The van der Waals surface area contributed by atoms with Crippen molar-refractivity contribution in [2.75, 3.05) is 30.4 Å². The van der Waals surface area contributed by atoms with Crippen molar-refractivity contribution in [2.45, 2.75) is 23.1 Å². The normalized spacial score (nSPS) is 22.7. The van der Waals surface area contributed by atoms with Crippen molar-refractivity contribution in [3.8, 4) is 12.3 Å². The van der Waals surface area contributed by atoms with Crippen molar-refractivity contribution in [1.82, 2.24) is 39.8 Å². The Morgan fingerprint density at radius 3 is 2.84 bits per heavy atom. The highest BCUT2D eigenvalue weighted by atomic mass is 32.2. The lowest BCUT2D eigenvalue weighted by atomic mass is 9.89. The molecule has 4 heterocycles. The van der Waals surface area contributed by atoms with Crippen LogP contribution in [-0.2, 0) is 30.6 Å². The summed E-state index contributed by atoms with van der Waals surface area (Å²) in [5.41, 5.74) is 3.79. The van der Waals surface area contributed by atoms with E-state index in [0.29, 0.717) is 5.16 Å². The second-order valence-electron chi connectivity index (χ2n) is 7.88. The van der Waals surface area contributed by atoms with Crippen molar-refractivity contribution in [1.29, 1.82) is 0 Å². The molecule has 2 saturated heterocycles. The molecule has 38 heavy (non-hydrogen) atoms. The summed E-state index contributed by atoms with van der Waals surface area (Å²) in [6.45, 7) is -0.801. The summed E-state index contributed by atoms with van der Waals surface area (Å²) in [4.78, 5) is 58.7. The summed E-state index contributed by atoms with van der Waals surface area (Å²) in [5.74, 6) is -1.39. The van der Waals surface area contributed by atoms with E-state index in [1.165, 1.54) is 21.3 Å². The molecule has 5 N–H and O–H groups in total. The van der Waals surface area contributed by atoms with E-state index >= 15 is 0 Å². The zero-order chi connectivity index (χ0) is 27.4. The van der Waals surface area contributed by atoms with Crippen LogP contribution in [0.2, 0.25) is 0 Å². The summed E-state index contributed by atoms with van der Waals surface area (Å²) < 4.78 is 5.24. The van der Waals surface area contributed by atoms with Gasteiger partial charge in [0.15, 0.2) is 5.13 Å². The van der Waals surface area contributed by atoms with Crippen molar-refractivity contribution >= 4 is 69.7 Å². The molecule has 2 aromatic heterocycles. The van der Waals surface area contributed by atoms with Gasteiger partial charge in [0.25, 0.3) is 5.91 Å². The summed E-state index contributed by atoms with van der Waals surface area (Å²) in [6, 6.07) is -0.990. The smallest absolute Gasteiger partial charge is 0.344 e. The fraction of sp³-hybridized carbons (Fsp3) is 0.444. The minimum Gasteiger partial charge on any atom is -0.481 e. The molecule has 4 rings (SSSR count). The zero-order valence-corrected chi connectivity index (χ0v) is 21.5. The van der Waals surface area contributed by atoms with E-state index in [1.807, 2.05) is 0 Å². The van der Waals surface area contributed by atoms with E-state index < -0.39 is 52.9 Å². The molecule has 2 amide bonds. The number of nitrogens with zero attached hydrogens (tertiary/aromatic N) is 8. The van der Waals surface area contributed by atoms with Crippen molar-refractivity contribution in [3.63, 3.8) is 0 Å². The molecule has 200 valence electrons. The van der Waals surface area contributed by atoms with Crippen LogP contribution in [0.3, 0.4) is 0 Å². The molecule has 2 fully saturated rings. The number of oxime groups is 1. The monoisotopic (exact) mass is 582 g/mol. The standard InChI is InChI=1S/C18H18N10O7S3/c1-2-3-28-17(22-25-26-28)37-7-18(15(33)34)5-27-13(32)10(14(27)36-6-18)20-12(31)9(23-35-4-8(29)30)11-21-16(19)38-24-11/h1,10,14H,3-7H2,(H,20,31)(H,29,30)(H,33,34)(H2,19,21,24)/t10?,14-,18?/m1/s1. The fourth-order valence-corrected chi connectivity index (χ4v) is 6.64. The number of aliphatic carboxylic acids is 2. The molecule has 0 aromatic carbocycles. The fourth-order valence-electron chi connectivity index (χ4n) is 3.47. The minimum atomic E-state index is -1.32. The van der Waals surface area contributed by atoms with Gasteiger partial charge in [-0.3, -0.25) is 14.4 Å². The van der Waals surface area contributed by atoms with Gasteiger partial charge in [-0.05, 0) is 10.4 Å². The molecule has 3 atom stereocenters. The predicted molar refractivity (Wildman–Crippen MR) is 132 cm³/mol. The molecule has 2 aliphatic rings. The zero-order valence-electron chi connectivity index (χ0n) is 19.1. The third-order valence-corrected chi connectivity index (χ3v) is 8.69. The van der Waals surface area contributed by atoms with Gasteiger partial charge in [-0.2, -0.15) is 9.36 Å². The molecule has 20 heteroatoms. The quantitative estimate of drug-likeness (QED) is 0.0723. The molecular formula is C18H18N10O7S3. The number of tetrazole rings is 1. The lowest BCUT2D eigenvalue weighted by Gasteiger charge is -2.53. The minimum absolute atomic E-state index is 0.0312. The number of carbonyl (C=O) groups is 4. The SMILES string of the molecule is C#CCn1nnnc1SCC1(C(=O)O)CS[C@@H]2C(NC(=O)C(=NOCC(=O)O)c3nsc(N)n3)C(=O)N2C1. The van der Waals surface area contributed by atoms with Crippen LogP contribution in [0.25, 0.3) is 0 Å². The number of anilines is 1. The number of hydrogen-bond acceptors (Lipinski definition) is 15. The second-order valence-corrected chi connectivity index (χ2v) is 10.7. The number of amides is 2. The van der Waals surface area contributed by atoms with Gasteiger partial charge in [-0.25, -0.2) is 9.48 Å². The Balaban J connectivity index is 1.43. The van der Waals surface area contributed by atoms with Crippen LogP contribution in [0.15, 0.2) is 10.3 Å². The van der Waals surface area contributed by atoms with Gasteiger partial charge in [0.1, 0.15) is 23.4 Å². The third kappa shape index (κ3) is 5.48. The van der Waals surface area contributed by atoms with E-state index in [1.54, 1.807) is 0 Å². The summed E-state index contributed by atoms with van der Waals surface area (Å²) in [7, 11) is 0. The van der Waals surface area contributed by atoms with Gasteiger partial charge in [0.2, 0.25) is 29.2 Å². The second kappa shape index (κ2) is 11.2. The van der Waals surface area contributed by atoms with Crippen molar-refractivity contribution in [3.05, 3.63) is 5.82 Å². The molecule has 2 aliphatic heterocycles. The Labute approximate surface area is 225 Å². The van der Waals surface area contributed by atoms with E-state index in [4.69, 9.17) is 17.3 Å². The maximum atomic E-state index is 12.9. The van der Waals surface area contributed by atoms with Crippen molar-refractivity contribution < 1.29 is 34.2 Å². The largest absolute Gasteiger partial charge is 0.481 e. The Hall–Kier alpha value is -3.96. The number of nitrogens with two attached hydrogens (primary N) is 1. The summed E-state index contributed by atoms with van der Waals surface area (Å²) >= 11 is 3.09. The lowest BCUT2D eigenvalue weighted by molar-refractivity contribution is -0.157. The van der Waals surface area contributed by atoms with Gasteiger partial charge in [-0.1, -0.05) is 22.8 Å². The van der Waals surface area contributed by atoms with Gasteiger partial charge < -0.3 is 31.0 Å². The first-order valence-electron chi connectivity index (χ1n) is 10.5. The van der Waals surface area contributed by atoms with Gasteiger partial charge >= 0.3 is 11.9 Å². The van der Waals surface area contributed by atoms with Crippen LogP contribution in [0.4, 0.5) is 5.13 Å². The predicted octanol–water partition coefficient (Wildman–Crippen LogP) is -2.19. The number of nitrogens with one attached hydrogen (secondary N) is 1. The molecule has 0 aliphatic carbocycles. The Morgan fingerprint density at radius 2 is 2.18 bits per heavy atom. The average Bonchev–Trinajstić information content (AvgIpc) is 3.52. The number of rotatable bonds is 11. The first kappa shape index (κ1) is 27.1. The number of β-lactam (4-membered cyclic amide) rings is 1. The Morgan fingerprint density at radius 1 is 1.39 bits per heavy atom. The molecule has 17 nitrogen and oxygen atoms in total. The van der Waals surface area contributed by atoms with Crippen LogP contribution < -0.4 is 11.1 Å². The average molecular weight is 583 g/mol. The van der Waals surface area contributed by atoms with Crippen LogP contribution in [0, 0.1) is 17.8 Å². The first-order valence-corrected chi connectivity index (χ1v) is 13.3. The van der Waals surface area contributed by atoms with Crippen LogP contribution in [-0.4, -0.2) is 110 Å². The third-order valence-electron chi connectivity index (χ3n) is 5.32. The van der Waals surface area contributed by atoms with Gasteiger partial charge in [-0.15, -0.1) is 23.3 Å². The number of nitrogen functional groups attached to an aromatic ring is 1. The number of fused-ring (bicyclic) bond motifs is 1. The topological polar surface area (TPSA) is 241 Å². The maximum absolute atomic E-state index is 12.9. The van der Waals surface area contributed by atoms with Crippen LogP contribution in [0.1, 0.15) is 5.82 Å². The number of hydrogen-bond donors (Lipinski definition) is 4. The van der Waals surface area contributed by atoms with E-state index in [0.717, 1.165) is 23.3 Å². The van der Waals surface area contributed by atoms with E-state index in [2.05, 4.69) is 46.1 Å². The first-order chi connectivity index (χ1) is 18.1. The number of terminal acetylenes is 1. The number of aromatic nitrogens is 6. The van der Waals surface area contributed by atoms with Gasteiger partial charge in [0.05, 0.1) is 0 Å². The van der Waals surface area contributed by atoms with E-state index in [9.17, 15) is 24.3 Å². The van der Waals surface area contributed by atoms with Crippen LogP contribution in [0.5, 0.6) is 0 Å². The molecule has 0 spiro atoms. The summed E-state index contributed by atoms with van der Waals surface area (Å²) in [5, 5.41) is 35.8. The highest BCUT2D eigenvalue weighted by molar-refractivity contribution is 8.00. The molecule has 0 bridgehead atoms. The van der Waals surface area contributed by atoms with Crippen LogP contribution >= 0.6 is 35.1 Å². The highest BCUT2D eigenvalue weighted by Crippen LogP contribution is 2.44. The maximum Gasteiger partial charge on any atom is 0.344 e. The number of carboxylic acids is 2. The highest BCUT2D eigenvalue weighted by Gasteiger charge is 2.57. The Bertz CT molecular complexity index is 1340. The molecule has 0 radical (unpaired) electrons. The summed E-state index contributed by atoms with van der Waals surface area (Å²) in [6.07, 6.45) is 5.30. The van der Waals surface area contributed by atoms with Crippen molar-refractivity contribution in [2.24, 2.45) is 10.6 Å². The molecule has 2 unspecified atom stereocenters. The number of thioether (sulfide) groups is 2. The molecule has 0 saturated carbocycles. The number of carboxylic acid groups (broad SMARTS) is 2. The van der Waals surface area contributed by atoms with E-state index in [-0.39, 0.29) is 35.6 Å². The number of carbonyl (C=O) groups excluding carboxylic acids is 2. The molecule has 2 aromatic rings. The molecular weight excluding hydrogens is 564 g/mol. The van der Waals surface area contributed by atoms with Gasteiger partial charge in [0, 0.05) is 29.6 Å².